The molecule has 0 saturated carbocycles. The van der Waals surface area contributed by atoms with Crippen molar-refractivity contribution in [1.29, 1.82) is 0 Å². The van der Waals surface area contributed by atoms with Gasteiger partial charge in [-0.3, -0.25) is 9.00 Å². The van der Waals surface area contributed by atoms with Crippen molar-refractivity contribution in [3.05, 3.63) is 53.2 Å². The van der Waals surface area contributed by atoms with Crippen molar-refractivity contribution < 1.29 is 28.0 Å². The van der Waals surface area contributed by atoms with Crippen LogP contribution in [-0.2, 0) is 22.3 Å². The van der Waals surface area contributed by atoms with Gasteiger partial charge in [-0.05, 0) is 36.4 Å². The smallest absolute Gasteiger partial charge is 0.257 e. The number of anilines is 1. The Hall–Kier alpha value is -3.53. The van der Waals surface area contributed by atoms with Gasteiger partial charge in [-0.15, -0.1) is 0 Å². The fourth-order valence-electron chi connectivity index (χ4n) is 3.56. The number of carbonyl (C=O) groups is 1. The second-order valence-electron chi connectivity index (χ2n) is 6.98. The number of benzene rings is 2. The predicted octanol–water partition coefficient (Wildman–Crippen LogP) is 2.92. The molecule has 1 atom stereocenters. The molecule has 0 unspecified atom stereocenters. The number of rotatable bonds is 7. The van der Waals surface area contributed by atoms with Gasteiger partial charge in [-0.1, -0.05) is 0 Å². The molecule has 9 nitrogen and oxygen atoms in total. The molecule has 168 valence electrons. The number of nitrogens with zero attached hydrogens (tertiary/aromatic N) is 2. The minimum atomic E-state index is -1.05. The van der Waals surface area contributed by atoms with Crippen molar-refractivity contribution in [3.8, 4) is 28.7 Å². The topological polar surface area (TPSA) is 101 Å². The lowest BCUT2D eigenvalue weighted by Gasteiger charge is -2.15. The molecule has 1 N–H and O–H groups in total. The Morgan fingerprint density at radius 1 is 0.969 bits per heavy atom. The van der Waals surface area contributed by atoms with Gasteiger partial charge in [-0.2, -0.15) is 5.10 Å². The van der Waals surface area contributed by atoms with Crippen LogP contribution in [0, 0.1) is 0 Å². The first kappa shape index (κ1) is 21.7. The second kappa shape index (κ2) is 8.91. The van der Waals surface area contributed by atoms with E-state index < -0.39 is 10.8 Å². The summed E-state index contributed by atoms with van der Waals surface area (Å²) in [7, 11) is 5.02. The summed E-state index contributed by atoms with van der Waals surface area (Å²) in [6.07, 6.45) is 0. The van der Waals surface area contributed by atoms with Crippen molar-refractivity contribution in [2.45, 2.75) is 11.5 Å². The number of fused-ring (bicyclic) bond motifs is 1. The average Bonchev–Trinajstić information content (AvgIpc) is 3.34. The van der Waals surface area contributed by atoms with Crippen LogP contribution >= 0.6 is 0 Å². The van der Waals surface area contributed by atoms with Crippen molar-refractivity contribution in [3.63, 3.8) is 0 Å². The SMILES string of the molecule is COc1ccc(-n2nc3c(c2NC(=O)c2cc(OC)c(OC)c(OC)c2)C[S@](=O)C3)cc1. The third kappa shape index (κ3) is 3.89. The van der Waals surface area contributed by atoms with Gasteiger partial charge in [0.05, 0.1) is 51.3 Å². The molecule has 2 aromatic carbocycles. The molecule has 0 bridgehead atoms. The normalized spacial score (nSPS) is 14.6. The van der Waals surface area contributed by atoms with E-state index in [1.807, 2.05) is 24.3 Å². The average molecular weight is 458 g/mol. The van der Waals surface area contributed by atoms with Crippen LogP contribution in [0.4, 0.5) is 5.82 Å². The van der Waals surface area contributed by atoms with Gasteiger partial charge in [0, 0.05) is 21.9 Å². The molecule has 10 heteroatoms. The zero-order valence-corrected chi connectivity index (χ0v) is 18.9. The third-order valence-electron chi connectivity index (χ3n) is 5.15. The molecule has 1 amide bonds. The van der Waals surface area contributed by atoms with Crippen LogP contribution in [-0.4, -0.2) is 48.3 Å². The molecule has 1 aromatic heterocycles. The Morgan fingerprint density at radius 3 is 2.19 bits per heavy atom. The number of hydrogen-bond donors (Lipinski definition) is 1. The molecule has 0 saturated heterocycles. The molecule has 32 heavy (non-hydrogen) atoms. The summed E-state index contributed by atoms with van der Waals surface area (Å²) in [5, 5.41) is 7.55. The number of methoxy groups -OCH3 is 4. The largest absolute Gasteiger partial charge is 0.497 e. The number of hydrogen-bond acceptors (Lipinski definition) is 7. The van der Waals surface area contributed by atoms with Gasteiger partial charge in [0.1, 0.15) is 11.6 Å². The van der Waals surface area contributed by atoms with E-state index in [0.717, 1.165) is 11.3 Å². The molecule has 0 aliphatic carbocycles. The number of ether oxygens (including phenoxy) is 4. The van der Waals surface area contributed by atoms with E-state index in [1.54, 1.807) is 23.9 Å². The Kier molecular flexibility index (Phi) is 6.04. The molecular weight excluding hydrogens is 434 g/mol. The molecule has 1 aliphatic heterocycles. The fourth-order valence-corrected chi connectivity index (χ4v) is 4.82. The molecule has 3 aromatic rings. The van der Waals surface area contributed by atoms with E-state index in [4.69, 9.17) is 18.9 Å². The van der Waals surface area contributed by atoms with Gasteiger partial charge in [0.25, 0.3) is 5.91 Å². The van der Waals surface area contributed by atoms with E-state index >= 15 is 0 Å². The van der Waals surface area contributed by atoms with Crippen LogP contribution < -0.4 is 24.3 Å². The van der Waals surface area contributed by atoms with Crippen molar-refractivity contribution in [1.82, 2.24) is 9.78 Å². The van der Waals surface area contributed by atoms with Crippen LogP contribution in [0.3, 0.4) is 0 Å². The minimum Gasteiger partial charge on any atom is -0.497 e. The van der Waals surface area contributed by atoms with Gasteiger partial charge >= 0.3 is 0 Å². The highest BCUT2D eigenvalue weighted by Crippen LogP contribution is 2.39. The molecule has 0 radical (unpaired) electrons. The van der Waals surface area contributed by atoms with Crippen LogP contribution in [0.1, 0.15) is 21.6 Å². The molecular formula is C22H23N3O6S. The number of aromatic nitrogens is 2. The zero-order valence-electron chi connectivity index (χ0n) is 18.1. The second-order valence-corrected chi connectivity index (χ2v) is 8.44. The number of amides is 1. The quantitative estimate of drug-likeness (QED) is 0.582. The Labute approximate surface area is 187 Å². The van der Waals surface area contributed by atoms with Crippen LogP contribution in [0.2, 0.25) is 0 Å². The summed E-state index contributed by atoms with van der Waals surface area (Å²) >= 11 is 0. The van der Waals surface area contributed by atoms with Gasteiger partial charge in [-0.25, -0.2) is 4.68 Å². The first-order valence-corrected chi connectivity index (χ1v) is 11.2. The highest BCUT2D eigenvalue weighted by atomic mass is 32.2. The van der Waals surface area contributed by atoms with Crippen LogP contribution in [0.15, 0.2) is 36.4 Å². The highest BCUT2D eigenvalue weighted by molar-refractivity contribution is 7.83. The van der Waals surface area contributed by atoms with E-state index in [2.05, 4.69) is 10.4 Å². The maximum Gasteiger partial charge on any atom is 0.257 e. The first-order chi connectivity index (χ1) is 15.5. The zero-order chi connectivity index (χ0) is 22.8. The van der Waals surface area contributed by atoms with Crippen molar-refractivity contribution in [2.75, 3.05) is 33.8 Å². The predicted molar refractivity (Wildman–Crippen MR) is 120 cm³/mol. The molecule has 2 heterocycles. The Balaban J connectivity index is 1.74. The van der Waals surface area contributed by atoms with E-state index in [-0.39, 0.29) is 5.91 Å². The number of carbonyl (C=O) groups excluding carboxylic acids is 1. The van der Waals surface area contributed by atoms with Crippen LogP contribution in [0.25, 0.3) is 5.69 Å². The lowest BCUT2D eigenvalue weighted by Crippen LogP contribution is -2.17. The summed E-state index contributed by atoms with van der Waals surface area (Å²) < 4.78 is 35.0. The summed E-state index contributed by atoms with van der Waals surface area (Å²) in [5.41, 5.74) is 2.53. The third-order valence-corrected chi connectivity index (χ3v) is 6.35. The van der Waals surface area contributed by atoms with Crippen molar-refractivity contribution >= 4 is 22.5 Å². The standard InChI is InChI=1S/C22H23N3O6S/c1-28-15-7-5-14(6-8-15)25-21(16-11-32(27)12-17(16)24-25)23-22(26)13-9-18(29-2)20(31-4)19(10-13)30-3/h5-10H,11-12H2,1-4H3,(H,23,26)/t32-/m0/s1. The molecule has 1 aliphatic rings. The lowest BCUT2D eigenvalue weighted by atomic mass is 10.1. The number of nitrogens with one attached hydrogen (secondary N) is 1. The van der Waals surface area contributed by atoms with Crippen LogP contribution in [0.5, 0.6) is 23.0 Å². The van der Waals surface area contributed by atoms with Gasteiger partial charge in [0.15, 0.2) is 11.5 Å². The van der Waals surface area contributed by atoms with Gasteiger partial charge in [0.2, 0.25) is 5.75 Å². The van der Waals surface area contributed by atoms with E-state index in [0.29, 0.717) is 51.6 Å². The first-order valence-electron chi connectivity index (χ1n) is 9.70. The Morgan fingerprint density at radius 2 is 1.62 bits per heavy atom. The summed E-state index contributed by atoms with van der Waals surface area (Å²) in [6.45, 7) is 0. The molecule has 0 fully saturated rings. The van der Waals surface area contributed by atoms with E-state index in [1.165, 1.54) is 21.3 Å². The summed E-state index contributed by atoms with van der Waals surface area (Å²) in [4.78, 5) is 13.2. The summed E-state index contributed by atoms with van der Waals surface area (Å²) in [6, 6.07) is 10.4. The molecule has 0 spiro atoms. The van der Waals surface area contributed by atoms with Crippen molar-refractivity contribution in [2.24, 2.45) is 0 Å². The lowest BCUT2D eigenvalue weighted by molar-refractivity contribution is 0.102. The van der Waals surface area contributed by atoms with Gasteiger partial charge < -0.3 is 24.3 Å². The fraction of sp³-hybridized carbons (Fsp3) is 0.273. The minimum absolute atomic E-state index is 0.315. The maximum absolute atomic E-state index is 13.2. The highest BCUT2D eigenvalue weighted by Gasteiger charge is 2.29. The molecule has 4 rings (SSSR count). The Bertz CT molecular complexity index is 1160. The van der Waals surface area contributed by atoms with E-state index in [9.17, 15) is 9.00 Å². The summed E-state index contributed by atoms with van der Waals surface area (Å²) in [5.74, 6) is 2.61. The monoisotopic (exact) mass is 457 g/mol. The maximum atomic E-state index is 13.2.